The minimum Gasteiger partial charge on any atom is -0.0750 e. The zero-order valence-corrected chi connectivity index (χ0v) is 11.4. The van der Waals surface area contributed by atoms with Crippen molar-refractivity contribution in [2.75, 3.05) is 0 Å². The van der Waals surface area contributed by atoms with Crippen molar-refractivity contribution in [1.82, 2.24) is 0 Å². The van der Waals surface area contributed by atoms with Crippen LogP contribution in [0.25, 0.3) is 0 Å². The smallest absolute Gasteiger partial charge is 0.0201 e. The summed E-state index contributed by atoms with van der Waals surface area (Å²) in [6, 6.07) is 0. The van der Waals surface area contributed by atoms with Gasteiger partial charge in [-0.15, -0.1) is 0 Å². The Labute approximate surface area is 76.8 Å². The Morgan fingerprint density at radius 1 is 0.909 bits per heavy atom. The van der Waals surface area contributed by atoms with Crippen LogP contribution in [0.1, 0.15) is 32.1 Å². The van der Waals surface area contributed by atoms with Crippen molar-refractivity contribution in [2.45, 2.75) is 57.3 Å². The average molecular weight is 188 g/mol. The largest absolute Gasteiger partial charge is 0.0750 e. The lowest BCUT2D eigenvalue weighted by Crippen LogP contribution is -2.04. The Morgan fingerprint density at radius 3 is 1.64 bits per heavy atom. The number of rotatable bonds is 1. The van der Waals surface area contributed by atoms with E-state index < -0.39 is 0 Å². The second-order valence-electron chi connectivity index (χ2n) is 3.62. The monoisotopic (exact) mass is 188 g/mol. The minimum absolute atomic E-state index is 0.368. The molecule has 0 aliphatic heterocycles. The van der Waals surface area contributed by atoms with E-state index in [1.165, 1.54) is 24.8 Å². The first-order valence-electron chi connectivity index (χ1n) is 5.35. The highest BCUT2D eigenvalue weighted by Crippen LogP contribution is 2.27. The van der Waals surface area contributed by atoms with E-state index in [1.807, 2.05) is 0 Å². The first kappa shape index (κ1) is 11.4. The molecule has 0 spiro atoms. The van der Waals surface area contributed by atoms with Crippen molar-refractivity contribution >= 4 is 19.0 Å². The van der Waals surface area contributed by atoms with Gasteiger partial charge in [-0.1, -0.05) is 57.3 Å². The molecule has 0 aromatic heterocycles. The van der Waals surface area contributed by atoms with Crippen LogP contribution >= 0.6 is 0 Å². The quantitative estimate of drug-likeness (QED) is 0.554. The van der Waals surface area contributed by atoms with E-state index in [9.17, 15) is 0 Å². The van der Waals surface area contributed by atoms with Gasteiger partial charge in [0.1, 0.15) is 0 Å². The summed E-state index contributed by atoms with van der Waals surface area (Å²) < 4.78 is 0. The molecule has 0 heterocycles. The van der Waals surface area contributed by atoms with Gasteiger partial charge in [-0.25, -0.2) is 0 Å². The van der Waals surface area contributed by atoms with Gasteiger partial charge in [0.15, 0.2) is 0 Å². The van der Waals surface area contributed by atoms with E-state index in [-0.39, 0.29) is 0 Å². The fourth-order valence-electron chi connectivity index (χ4n) is 1.60. The third kappa shape index (κ3) is 6.82. The van der Waals surface area contributed by atoms with Gasteiger partial charge < -0.3 is 0 Å². The second kappa shape index (κ2) is 8.53. The molecule has 1 fully saturated rings. The Bertz CT molecular complexity index is 68.0. The van der Waals surface area contributed by atoms with Gasteiger partial charge in [0.2, 0.25) is 0 Å². The average Bonchev–Trinajstić information content (AvgIpc) is 2.08. The van der Waals surface area contributed by atoms with Crippen molar-refractivity contribution < 1.29 is 0 Å². The molecule has 0 saturated heterocycles. The highest BCUT2D eigenvalue weighted by molar-refractivity contribution is 6.35. The van der Waals surface area contributed by atoms with Crippen LogP contribution in [0.3, 0.4) is 0 Å². The number of hydrogen-bond donors (Lipinski definition) is 0. The van der Waals surface area contributed by atoms with Crippen LogP contribution in [0.15, 0.2) is 0 Å². The summed E-state index contributed by atoms with van der Waals surface area (Å²) in [6.07, 6.45) is 7.73. The first-order chi connectivity index (χ1) is 5.35. The summed E-state index contributed by atoms with van der Waals surface area (Å²) >= 11 is 0. The molecule has 0 unspecified atom stereocenters. The van der Waals surface area contributed by atoms with Gasteiger partial charge in [-0.2, -0.15) is 0 Å². The molecule has 0 radical (unpaired) electrons. The summed E-state index contributed by atoms with van der Waals surface area (Å²) in [7, 11) is 0.785. The minimum atomic E-state index is 0.368. The standard InChI is InChI=1S/C7H16Si.C2H8Si/c1-8-7-5-3-2-4-6-7;1-3-2/h7H,2-6,8H2,1H3;3H2,1-2H3. The lowest BCUT2D eigenvalue weighted by Gasteiger charge is -2.18. The molecule has 0 aromatic rings. The van der Waals surface area contributed by atoms with Gasteiger partial charge in [-0.3, -0.25) is 0 Å². The van der Waals surface area contributed by atoms with Crippen molar-refractivity contribution in [2.24, 2.45) is 0 Å². The van der Waals surface area contributed by atoms with Gasteiger partial charge in [-0.05, 0) is 0 Å². The van der Waals surface area contributed by atoms with Gasteiger partial charge in [0, 0.05) is 19.0 Å². The zero-order valence-electron chi connectivity index (χ0n) is 8.53. The summed E-state index contributed by atoms with van der Waals surface area (Å²) in [6.45, 7) is 6.98. The van der Waals surface area contributed by atoms with E-state index >= 15 is 0 Å². The Hall–Kier alpha value is 0.434. The third-order valence-electron chi connectivity index (χ3n) is 2.30. The van der Waals surface area contributed by atoms with E-state index in [2.05, 4.69) is 19.6 Å². The fourth-order valence-corrected chi connectivity index (χ4v) is 2.99. The third-order valence-corrected chi connectivity index (χ3v) is 4.27. The molecular formula is C9H24Si2. The molecule has 1 aliphatic carbocycles. The molecule has 2 heteroatoms. The maximum atomic E-state index is 2.45. The maximum Gasteiger partial charge on any atom is 0.0201 e. The first-order valence-corrected chi connectivity index (χ1v) is 10.4. The maximum absolute atomic E-state index is 2.45. The molecular weight excluding hydrogens is 164 g/mol. The van der Waals surface area contributed by atoms with Crippen molar-refractivity contribution in [1.29, 1.82) is 0 Å². The van der Waals surface area contributed by atoms with Gasteiger partial charge in [0.05, 0.1) is 0 Å². The molecule has 11 heavy (non-hydrogen) atoms. The number of hydrogen-bond acceptors (Lipinski definition) is 0. The molecule has 0 amide bonds. The van der Waals surface area contributed by atoms with Crippen molar-refractivity contribution in [3.63, 3.8) is 0 Å². The van der Waals surface area contributed by atoms with Crippen LogP contribution in [0, 0.1) is 0 Å². The van der Waals surface area contributed by atoms with Crippen LogP contribution in [0.2, 0.25) is 25.2 Å². The van der Waals surface area contributed by atoms with Gasteiger partial charge in [0.25, 0.3) is 0 Å². The van der Waals surface area contributed by atoms with Crippen molar-refractivity contribution in [3.05, 3.63) is 0 Å². The lowest BCUT2D eigenvalue weighted by atomic mass is 10.0. The van der Waals surface area contributed by atoms with E-state index in [0.717, 1.165) is 0 Å². The van der Waals surface area contributed by atoms with E-state index in [4.69, 9.17) is 0 Å². The molecule has 1 rings (SSSR count). The lowest BCUT2D eigenvalue weighted by molar-refractivity contribution is 0.501. The topological polar surface area (TPSA) is 0 Å². The predicted molar refractivity (Wildman–Crippen MR) is 61.5 cm³/mol. The molecule has 1 saturated carbocycles. The van der Waals surface area contributed by atoms with Crippen LogP contribution in [0.5, 0.6) is 0 Å². The Kier molecular flexibility index (Phi) is 8.87. The zero-order chi connectivity index (χ0) is 8.53. The highest BCUT2D eigenvalue weighted by Gasteiger charge is 2.09. The highest BCUT2D eigenvalue weighted by atomic mass is 28.2. The molecule has 0 atom stereocenters. The normalized spacial score (nSPS) is 19.9. The van der Waals surface area contributed by atoms with Crippen LogP contribution in [0.4, 0.5) is 0 Å². The SMILES string of the molecule is C[SiH2]C.C[SiH2]C1CCCCC1. The predicted octanol–water partition coefficient (Wildman–Crippen LogP) is 2.21. The Morgan fingerprint density at radius 2 is 1.36 bits per heavy atom. The van der Waals surface area contributed by atoms with Crippen molar-refractivity contribution in [3.8, 4) is 0 Å². The van der Waals surface area contributed by atoms with Gasteiger partial charge >= 0.3 is 0 Å². The molecule has 0 N–H and O–H groups in total. The summed E-state index contributed by atoms with van der Waals surface area (Å²) in [5.74, 6) is 0. The second-order valence-corrected chi connectivity index (χ2v) is 7.00. The van der Waals surface area contributed by atoms with Crippen LogP contribution in [-0.2, 0) is 0 Å². The molecule has 1 aliphatic rings. The van der Waals surface area contributed by atoms with E-state index in [1.54, 1.807) is 12.8 Å². The summed E-state index contributed by atoms with van der Waals surface area (Å²) in [4.78, 5) is 0. The fraction of sp³-hybridized carbons (Fsp3) is 1.00. The Balaban J connectivity index is 0.000000292. The molecule has 0 aromatic carbocycles. The summed E-state index contributed by atoms with van der Waals surface area (Å²) in [5.41, 5.74) is 1.23. The summed E-state index contributed by atoms with van der Waals surface area (Å²) in [5, 5.41) is 0. The molecule has 0 bridgehead atoms. The van der Waals surface area contributed by atoms with Crippen LogP contribution in [-0.4, -0.2) is 19.0 Å². The molecule has 0 nitrogen and oxygen atoms in total. The van der Waals surface area contributed by atoms with Crippen LogP contribution < -0.4 is 0 Å². The molecule has 68 valence electrons. The van der Waals surface area contributed by atoms with E-state index in [0.29, 0.717) is 19.0 Å².